The van der Waals surface area contributed by atoms with Gasteiger partial charge in [0.05, 0.1) is 0 Å². The Labute approximate surface area is 84.4 Å². The van der Waals surface area contributed by atoms with Gasteiger partial charge in [-0.05, 0) is 11.8 Å². The predicted octanol–water partition coefficient (Wildman–Crippen LogP) is 3.02. The van der Waals surface area contributed by atoms with Gasteiger partial charge in [-0.2, -0.15) is 0 Å². The second kappa shape index (κ2) is 5.83. The van der Waals surface area contributed by atoms with Crippen molar-refractivity contribution in [2.75, 3.05) is 0 Å². The Morgan fingerprint density at radius 1 is 0.929 bits per heavy atom. The Bertz CT molecular complexity index is 154. The Morgan fingerprint density at radius 3 is 1.36 bits per heavy atom. The minimum absolute atomic E-state index is 1.16. The molecule has 0 spiro atoms. The fourth-order valence-electron chi connectivity index (χ4n) is 2.86. The zero-order chi connectivity index (χ0) is 10.4. The molecule has 2 saturated carbocycles. The summed E-state index contributed by atoms with van der Waals surface area (Å²) in [5.74, 6) is 2.31. The van der Waals surface area contributed by atoms with Gasteiger partial charge in [-0.3, -0.25) is 0 Å². The van der Waals surface area contributed by atoms with Crippen molar-refractivity contribution in [1.29, 1.82) is 0 Å². The molecule has 0 aliphatic heterocycles. The summed E-state index contributed by atoms with van der Waals surface area (Å²) in [5.41, 5.74) is 0. The van der Waals surface area contributed by atoms with E-state index < -0.39 is 5.09 Å². The molecular weight excluding hydrogens is 182 g/mol. The standard InChI is InChI=1S/C10H18.HNO3/c1-2-6-10-8-4-3-7-9(10)5-1;2-1(3)4/h9-10H,1-8H2;(H,2,3,4). The third-order valence-corrected chi connectivity index (χ3v) is 3.47. The van der Waals surface area contributed by atoms with Crippen LogP contribution in [0.15, 0.2) is 0 Å². The van der Waals surface area contributed by atoms with E-state index in [1.54, 1.807) is 25.7 Å². The van der Waals surface area contributed by atoms with E-state index >= 15 is 0 Å². The third kappa shape index (κ3) is 3.94. The van der Waals surface area contributed by atoms with Crippen molar-refractivity contribution in [3.63, 3.8) is 0 Å². The molecule has 0 aromatic carbocycles. The summed E-state index contributed by atoms with van der Waals surface area (Å²) in [5, 5.41) is 13.6. The third-order valence-electron chi connectivity index (χ3n) is 3.47. The van der Waals surface area contributed by atoms with Crippen molar-refractivity contribution in [3.05, 3.63) is 10.1 Å². The largest absolute Gasteiger partial charge is 0.328 e. The second-order valence-electron chi connectivity index (χ2n) is 4.33. The summed E-state index contributed by atoms with van der Waals surface area (Å²) >= 11 is 0. The monoisotopic (exact) mass is 201 g/mol. The Kier molecular flexibility index (Phi) is 4.70. The summed E-state index contributed by atoms with van der Waals surface area (Å²) in [6.45, 7) is 0. The van der Waals surface area contributed by atoms with Gasteiger partial charge in [-0.15, -0.1) is 10.1 Å². The molecule has 4 heteroatoms. The topological polar surface area (TPSA) is 63.4 Å². The first kappa shape index (κ1) is 11.3. The lowest BCUT2D eigenvalue weighted by atomic mass is 9.71. The zero-order valence-electron chi connectivity index (χ0n) is 8.52. The number of fused-ring (bicyclic) bond motifs is 1. The first-order valence-electron chi connectivity index (χ1n) is 5.53. The summed E-state index contributed by atoms with van der Waals surface area (Å²) in [7, 11) is 0. The summed E-state index contributed by atoms with van der Waals surface area (Å²) in [4.78, 5) is 8.36. The highest BCUT2D eigenvalue weighted by Gasteiger charge is 2.26. The molecule has 4 nitrogen and oxygen atoms in total. The Morgan fingerprint density at radius 2 is 1.14 bits per heavy atom. The molecular formula is C10H19NO3. The van der Waals surface area contributed by atoms with E-state index in [4.69, 9.17) is 15.3 Å². The maximum atomic E-state index is 8.36. The molecule has 0 unspecified atom stereocenters. The van der Waals surface area contributed by atoms with Crippen molar-refractivity contribution in [2.24, 2.45) is 11.8 Å². The van der Waals surface area contributed by atoms with Crippen LogP contribution in [0.1, 0.15) is 51.4 Å². The van der Waals surface area contributed by atoms with Crippen LogP contribution in [0.4, 0.5) is 0 Å². The molecule has 14 heavy (non-hydrogen) atoms. The van der Waals surface area contributed by atoms with E-state index in [2.05, 4.69) is 0 Å². The maximum Gasteiger partial charge on any atom is 0.291 e. The van der Waals surface area contributed by atoms with E-state index in [1.165, 1.54) is 25.7 Å². The molecule has 0 heterocycles. The van der Waals surface area contributed by atoms with Crippen LogP contribution in [0, 0.1) is 22.0 Å². The van der Waals surface area contributed by atoms with E-state index in [9.17, 15) is 0 Å². The zero-order valence-corrected chi connectivity index (χ0v) is 8.52. The van der Waals surface area contributed by atoms with Gasteiger partial charge < -0.3 is 5.21 Å². The highest BCUT2D eigenvalue weighted by molar-refractivity contribution is 4.78. The van der Waals surface area contributed by atoms with Crippen molar-refractivity contribution >= 4 is 0 Å². The van der Waals surface area contributed by atoms with Gasteiger partial charge in [-0.25, -0.2) is 0 Å². The number of hydrogen-bond acceptors (Lipinski definition) is 2. The van der Waals surface area contributed by atoms with Crippen LogP contribution in [0.25, 0.3) is 0 Å². The van der Waals surface area contributed by atoms with E-state index in [1.807, 2.05) is 0 Å². The number of hydrogen-bond donors (Lipinski definition) is 1. The fraction of sp³-hybridized carbons (Fsp3) is 1.00. The molecule has 1 N–H and O–H groups in total. The van der Waals surface area contributed by atoms with Crippen LogP contribution >= 0.6 is 0 Å². The summed E-state index contributed by atoms with van der Waals surface area (Å²) in [6.07, 6.45) is 12.4. The predicted molar refractivity (Wildman–Crippen MR) is 52.7 cm³/mol. The lowest BCUT2D eigenvalue weighted by molar-refractivity contribution is -0.742. The molecule has 0 aromatic rings. The quantitative estimate of drug-likeness (QED) is 0.484. The molecule has 2 aliphatic rings. The number of rotatable bonds is 0. The van der Waals surface area contributed by atoms with Crippen LogP contribution in [-0.4, -0.2) is 10.3 Å². The van der Waals surface area contributed by atoms with Crippen molar-refractivity contribution in [2.45, 2.75) is 51.4 Å². The SMILES string of the molecule is C1CCC2CCCCC2C1.O=[N+]([O-])O. The Balaban J connectivity index is 0.000000213. The van der Waals surface area contributed by atoms with Gasteiger partial charge in [0.25, 0.3) is 5.09 Å². The van der Waals surface area contributed by atoms with Gasteiger partial charge >= 0.3 is 0 Å². The lowest BCUT2D eigenvalue weighted by Crippen LogP contribution is -2.22. The summed E-state index contributed by atoms with van der Waals surface area (Å²) in [6, 6.07) is 0. The van der Waals surface area contributed by atoms with Gasteiger partial charge in [0.1, 0.15) is 0 Å². The molecule has 0 radical (unpaired) electrons. The lowest BCUT2D eigenvalue weighted by Gasteiger charge is -2.35. The smallest absolute Gasteiger partial charge is 0.291 e. The van der Waals surface area contributed by atoms with Gasteiger partial charge in [0, 0.05) is 0 Å². The first-order chi connectivity index (χ1) is 6.70. The summed E-state index contributed by atoms with van der Waals surface area (Å²) < 4.78 is 0. The Hall–Kier alpha value is -0.800. The molecule has 0 atom stereocenters. The molecule has 0 amide bonds. The minimum Gasteiger partial charge on any atom is -0.328 e. The highest BCUT2D eigenvalue weighted by atomic mass is 16.9. The fourth-order valence-corrected chi connectivity index (χ4v) is 2.86. The molecule has 2 rings (SSSR count). The van der Waals surface area contributed by atoms with Crippen molar-refractivity contribution < 1.29 is 10.3 Å². The molecule has 0 saturated heterocycles. The van der Waals surface area contributed by atoms with Gasteiger partial charge in [0.2, 0.25) is 0 Å². The number of nitrogens with zero attached hydrogens (tertiary/aromatic N) is 1. The molecule has 82 valence electrons. The normalized spacial score (nSPS) is 30.9. The van der Waals surface area contributed by atoms with E-state index in [0.717, 1.165) is 11.8 Å². The van der Waals surface area contributed by atoms with Crippen molar-refractivity contribution in [3.8, 4) is 0 Å². The van der Waals surface area contributed by atoms with Crippen LogP contribution in [-0.2, 0) is 0 Å². The van der Waals surface area contributed by atoms with Crippen molar-refractivity contribution in [1.82, 2.24) is 0 Å². The van der Waals surface area contributed by atoms with Crippen LogP contribution in [0.2, 0.25) is 0 Å². The average molecular weight is 201 g/mol. The van der Waals surface area contributed by atoms with E-state index in [0.29, 0.717) is 0 Å². The molecule has 0 bridgehead atoms. The maximum absolute atomic E-state index is 8.36. The average Bonchev–Trinajstić information content (AvgIpc) is 2.17. The first-order valence-corrected chi connectivity index (χ1v) is 5.53. The van der Waals surface area contributed by atoms with Crippen LogP contribution in [0.5, 0.6) is 0 Å². The van der Waals surface area contributed by atoms with Gasteiger partial charge in [0.15, 0.2) is 0 Å². The van der Waals surface area contributed by atoms with Crippen LogP contribution in [0.3, 0.4) is 0 Å². The highest BCUT2D eigenvalue weighted by Crippen LogP contribution is 2.39. The molecule has 0 aromatic heterocycles. The molecule has 2 aliphatic carbocycles. The van der Waals surface area contributed by atoms with Gasteiger partial charge in [-0.1, -0.05) is 51.4 Å². The van der Waals surface area contributed by atoms with E-state index in [-0.39, 0.29) is 0 Å². The molecule has 2 fully saturated rings. The van der Waals surface area contributed by atoms with Crippen LogP contribution < -0.4 is 0 Å². The minimum atomic E-state index is -1.50. The second-order valence-corrected chi connectivity index (χ2v) is 4.33.